The molecule has 0 radical (unpaired) electrons. The van der Waals surface area contributed by atoms with E-state index in [1.165, 1.54) is 6.92 Å². The smallest absolute Gasteiger partial charge is 0.249 e. The molecule has 32 heavy (non-hydrogen) atoms. The number of Topliss-reactive ketones (excluding diaryl/α,β-unsaturated/α-hetero) is 1. The van der Waals surface area contributed by atoms with Gasteiger partial charge in [-0.15, -0.1) is 0 Å². The van der Waals surface area contributed by atoms with E-state index in [9.17, 15) is 9.59 Å². The number of carbonyl (C=O) groups excluding carboxylic acids is 2. The molecule has 5 nitrogen and oxygen atoms in total. The Hall–Kier alpha value is -3.70. The van der Waals surface area contributed by atoms with Crippen LogP contribution in [-0.2, 0) is 11.2 Å². The lowest BCUT2D eigenvalue weighted by atomic mass is 10.0. The number of aliphatic imine (C=N–C) groups is 1. The zero-order valence-corrected chi connectivity index (χ0v) is 18.1. The van der Waals surface area contributed by atoms with Crippen LogP contribution in [0.25, 0.3) is 10.8 Å². The quantitative estimate of drug-likeness (QED) is 0.415. The number of ketones is 1. The zero-order chi connectivity index (χ0) is 22.2. The van der Waals surface area contributed by atoms with E-state index in [1.807, 2.05) is 18.2 Å². The van der Waals surface area contributed by atoms with Gasteiger partial charge in [0.05, 0.1) is 17.1 Å². The highest BCUT2D eigenvalue weighted by Crippen LogP contribution is 2.29. The van der Waals surface area contributed by atoms with E-state index in [0.717, 1.165) is 27.5 Å². The number of anilines is 1. The molecular formula is C26H20ClN3O2. The standard InChI is InChI=1S/C26H20ClN3O2/c1-15(31)23-12-19(14-28-23)25-21-13-20(27)8-9-22(21)30-26(32)24(29-25)11-16-6-7-17-4-2-3-5-18(17)10-16/h2-10,12-14,24,28H,11H2,1H3,(H,30,32). The second-order valence-corrected chi connectivity index (χ2v) is 8.35. The summed E-state index contributed by atoms with van der Waals surface area (Å²) in [7, 11) is 0. The molecule has 4 aromatic rings. The number of aromatic amines is 1. The van der Waals surface area contributed by atoms with E-state index in [-0.39, 0.29) is 11.7 Å². The number of halogens is 1. The summed E-state index contributed by atoms with van der Waals surface area (Å²) in [5.41, 5.74) is 4.23. The first-order chi connectivity index (χ1) is 15.5. The van der Waals surface area contributed by atoms with Gasteiger partial charge in [-0.3, -0.25) is 14.6 Å². The van der Waals surface area contributed by atoms with Gasteiger partial charge in [0.15, 0.2) is 5.78 Å². The number of aromatic nitrogens is 1. The number of hydrogen-bond donors (Lipinski definition) is 2. The summed E-state index contributed by atoms with van der Waals surface area (Å²) in [6.07, 6.45) is 2.19. The van der Waals surface area contributed by atoms with Crippen LogP contribution in [-0.4, -0.2) is 28.4 Å². The first-order valence-electron chi connectivity index (χ1n) is 10.3. The highest BCUT2D eigenvalue weighted by atomic mass is 35.5. The molecule has 0 saturated heterocycles. The Labute approximate surface area is 190 Å². The first-order valence-corrected chi connectivity index (χ1v) is 10.7. The molecular weight excluding hydrogens is 422 g/mol. The van der Waals surface area contributed by atoms with Crippen molar-refractivity contribution in [3.05, 3.63) is 100 Å². The van der Waals surface area contributed by atoms with Crippen LogP contribution < -0.4 is 5.32 Å². The van der Waals surface area contributed by atoms with Crippen molar-refractivity contribution in [1.82, 2.24) is 4.98 Å². The molecule has 0 bridgehead atoms. The second kappa shape index (κ2) is 8.09. The van der Waals surface area contributed by atoms with Gasteiger partial charge in [-0.05, 0) is 40.6 Å². The highest BCUT2D eigenvalue weighted by molar-refractivity contribution is 6.32. The third-order valence-electron chi connectivity index (χ3n) is 5.66. The fourth-order valence-electron chi connectivity index (χ4n) is 4.01. The molecule has 1 amide bonds. The number of amides is 1. The van der Waals surface area contributed by atoms with Crippen LogP contribution in [0.15, 0.2) is 77.9 Å². The molecule has 1 atom stereocenters. The average molecular weight is 442 g/mol. The van der Waals surface area contributed by atoms with Crippen LogP contribution in [0.3, 0.4) is 0 Å². The number of H-pyrrole nitrogens is 1. The van der Waals surface area contributed by atoms with Gasteiger partial charge in [-0.1, -0.05) is 54.1 Å². The minimum Gasteiger partial charge on any atom is -0.358 e. The summed E-state index contributed by atoms with van der Waals surface area (Å²) in [6, 6.07) is 20.7. The van der Waals surface area contributed by atoms with Crippen molar-refractivity contribution in [3.63, 3.8) is 0 Å². The number of nitrogens with one attached hydrogen (secondary N) is 2. The lowest BCUT2D eigenvalue weighted by Gasteiger charge is -2.12. The molecule has 5 rings (SSSR count). The Morgan fingerprint density at radius 3 is 2.62 bits per heavy atom. The van der Waals surface area contributed by atoms with E-state index in [4.69, 9.17) is 16.6 Å². The molecule has 1 aromatic heterocycles. The average Bonchev–Trinajstić information content (AvgIpc) is 3.23. The predicted molar refractivity (Wildman–Crippen MR) is 128 cm³/mol. The minimum absolute atomic E-state index is 0.0706. The molecule has 2 heterocycles. The molecule has 1 aliphatic heterocycles. The van der Waals surface area contributed by atoms with Crippen molar-refractivity contribution in [2.45, 2.75) is 19.4 Å². The van der Waals surface area contributed by atoms with Gasteiger partial charge in [0.25, 0.3) is 0 Å². The van der Waals surface area contributed by atoms with Gasteiger partial charge in [-0.2, -0.15) is 0 Å². The molecule has 1 aliphatic rings. The molecule has 0 aliphatic carbocycles. The third kappa shape index (κ3) is 3.83. The number of nitrogens with zero attached hydrogens (tertiary/aromatic N) is 1. The molecule has 1 unspecified atom stereocenters. The number of benzodiazepines with no additional fused rings is 1. The van der Waals surface area contributed by atoms with Gasteiger partial charge >= 0.3 is 0 Å². The minimum atomic E-state index is -0.631. The van der Waals surface area contributed by atoms with E-state index < -0.39 is 6.04 Å². The number of hydrogen-bond acceptors (Lipinski definition) is 3. The number of rotatable bonds is 4. The van der Waals surface area contributed by atoms with Crippen LogP contribution >= 0.6 is 11.6 Å². The second-order valence-electron chi connectivity index (χ2n) is 7.92. The Kier molecular flexibility index (Phi) is 5.11. The van der Waals surface area contributed by atoms with Crippen LogP contribution in [0.5, 0.6) is 0 Å². The fraction of sp³-hybridized carbons (Fsp3) is 0.115. The number of fused-ring (bicyclic) bond motifs is 2. The van der Waals surface area contributed by atoms with Crippen LogP contribution in [0, 0.1) is 0 Å². The van der Waals surface area contributed by atoms with Gasteiger partial charge in [-0.25, -0.2) is 0 Å². The Balaban J connectivity index is 1.59. The number of carbonyl (C=O) groups is 2. The van der Waals surface area contributed by atoms with Gasteiger partial charge in [0.1, 0.15) is 6.04 Å². The Morgan fingerprint density at radius 1 is 1.03 bits per heavy atom. The summed E-state index contributed by atoms with van der Waals surface area (Å²) in [4.78, 5) is 32.8. The summed E-state index contributed by atoms with van der Waals surface area (Å²) >= 11 is 6.27. The summed E-state index contributed by atoms with van der Waals surface area (Å²) in [5.74, 6) is -0.252. The van der Waals surface area contributed by atoms with Crippen molar-refractivity contribution in [2.24, 2.45) is 4.99 Å². The summed E-state index contributed by atoms with van der Waals surface area (Å²) < 4.78 is 0. The molecule has 0 saturated carbocycles. The lowest BCUT2D eigenvalue weighted by molar-refractivity contribution is -0.117. The van der Waals surface area contributed by atoms with E-state index in [2.05, 4.69) is 34.6 Å². The largest absolute Gasteiger partial charge is 0.358 e. The monoisotopic (exact) mass is 441 g/mol. The van der Waals surface area contributed by atoms with Crippen LogP contribution in [0.1, 0.15) is 34.1 Å². The molecule has 0 fully saturated rings. The Bertz CT molecular complexity index is 1400. The van der Waals surface area contributed by atoms with E-state index in [0.29, 0.717) is 28.5 Å². The SMILES string of the molecule is CC(=O)c1cc(C2=NC(Cc3ccc4ccccc4c3)C(=O)Nc3ccc(Cl)cc32)c[nH]1. The summed E-state index contributed by atoms with van der Waals surface area (Å²) in [5, 5.41) is 5.81. The van der Waals surface area contributed by atoms with E-state index >= 15 is 0 Å². The van der Waals surface area contributed by atoms with Crippen molar-refractivity contribution in [3.8, 4) is 0 Å². The normalized spacial score (nSPS) is 15.6. The number of benzene rings is 3. The van der Waals surface area contributed by atoms with Gasteiger partial charge in [0.2, 0.25) is 5.91 Å². The molecule has 158 valence electrons. The van der Waals surface area contributed by atoms with Crippen LogP contribution in [0.4, 0.5) is 5.69 Å². The van der Waals surface area contributed by atoms with Crippen molar-refractivity contribution >= 4 is 45.5 Å². The Morgan fingerprint density at radius 2 is 1.84 bits per heavy atom. The third-order valence-corrected chi connectivity index (χ3v) is 5.90. The van der Waals surface area contributed by atoms with Crippen LogP contribution in [0.2, 0.25) is 5.02 Å². The zero-order valence-electron chi connectivity index (χ0n) is 17.4. The summed E-state index contributed by atoms with van der Waals surface area (Å²) in [6.45, 7) is 1.50. The maximum Gasteiger partial charge on any atom is 0.249 e. The maximum absolute atomic E-state index is 13.1. The predicted octanol–water partition coefficient (Wildman–Crippen LogP) is 5.42. The van der Waals surface area contributed by atoms with Crippen molar-refractivity contribution in [2.75, 3.05) is 5.32 Å². The fourth-order valence-corrected chi connectivity index (χ4v) is 4.19. The molecule has 2 N–H and O–H groups in total. The van der Waals surface area contributed by atoms with Crippen molar-refractivity contribution in [1.29, 1.82) is 0 Å². The first kappa shape index (κ1) is 20.2. The lowest BCUT2D eigenvalue weighted by Crippen LogP contribution is -2.27. The molecule has 3 aromatic carbocycles. The molecule has 6 heteroatoms. The van der Waals surface area contributed by atoms with Gasteiger partial charge < -0.3 is 10.3 Å². The maximum atomic E-state index is 13.1. The van der Waals surface area contributed by atoms with Gasteiger partial charge in [0, 0.05) is 35.7 Å². The highest BCUT2D eigenvalue weighted by Gasteiger charge is 2.27. The van der Waals surface area contributed by atoms with E-state index in [1.54, 1.807) is 30.5 Å². The van der Waals surface area contributed by atoms with Crippen molar-refractivity contribution < 1.29 is 9.59 Å². The topological polar surface area (TPSA) is 74.3 Å². The molecule has 0 spiro atoms.